The van der Waals surface area contributed by atoms with Crippen molar-refractivity contribution in [2.45, 2.75) is 31.2 Å². The van der Waals surface area contributed by atoms with E-state index in [4.69, 9.17) is 10.6 Å². The monoisotopic (exact) mass is 232 g/mol. The molecule has 1 aliphatic heterocycles. The fraction of sp³-hybridized carbons (Fsp3) is 0.429. The molecule has 0 saturated carbocycles. The van der Waals surface area contributed by atoms with Crippen LogP contribution in [0, 0.1) is 0 Å². The zero-order valence-corrected chi connectivity index (χ0v) is 10.1. The van der Waals surface area contributed by atoms with E-state index in [2.05, 4.69) is 24.1 Å². The average molecular weight is 232 g/mol. The van der Waals surface area contributed by atoms with Crippen molar-refractivity contribution in [3.63, 3.8) is 0 Å². The maximum Gasteiger partial charge on any atom is 0.122 e. The Morgan fingerprint density at radius 3 is 3.12 bits per heavy atom. The third kappa shape index (κ3) is 2.68. The van der Waals surface area contributed by atoms with Crippen LogP contribution in [0.4, 0.5) is 0 Å². The molecule has 17 heavy (non-hydrogen) atoms. The topological polar surface area (TPSA) is 47.3 Å². The number of nitrogens with two attached hydrogens (primary N) is 1. The molecule has 3 heteroatoms. The summed E-state index contributed by atoms with van der Waals surface area (Å²) >= 11 is 0. The Balaban J connectivity index is 2.18. The number of hydrogen-bond donors (Lipinski definition) is 2. The van der Waals surface area contributed by atoms with Crippen molar-refractivity contribution < 1.29 is 4.74 Å². The minimum atomic E-state index is 0.290. The molecule has 2 rings (SSSR count). The van der Waals surface area contributed by atoms with Gasteiger partial charge in [-0.05, 0) is 30.9 Å². The number of benzene rings is 1. The molecule has 1 aliphatic rings. The standard InChI is InChI=1S/C14H20N2O/c1-2-3-7-13(16-15)11-9-10-17-14-8-5-4-6-12(11)14/h2,4-6,8,11,13,16H,1,3,7,9-10,15H2. The Kier molecular flexibility index (Phi) is 4.18. The van der Waals surface area contributed by atoms with Gasteiger partial charge in [0.05, 0.1) is 6.61 Å². The molecule has 0 radical (unpaired) electrons. The van der Waals surface area contributed by atoms with Crippen LogP contribution in [0.5, 0.6) is 5.75 Å². The van der Waals surface area contributed by atoms with Crippen molar-refractivity contribution >= 4 is 0 Å². The summed E-state index contributed by atoms with van der Waals surface area (Å²) in [5.74, 6) is 7.11. The molecule has 0 fully saturated rings. The van der Waals surface area contributed by atoms with Gasteiger partial charge in [-0.15, -0.1) is 6.58 Å². The summed E-state index contributed by atoms with van der Waals surface area (Å²) in [6.07, 6.45) is 4.95. The predicted octanol–water partition coefficient (Wildman–Crippen LogP) is 2.35. The van der Waals surface area contributed by atoms with Gasteiger partial charge in [-0.3, -0.25) is 11.3 Å². The van der Waals surface area contributed by atoms with Gasteiger partial charge >= 0.3 is 0 Å². The molecule has 0 bridgehead atoms. The van der Waals surface area contributed by atoms with Crippen LogP contribution in [0.1, 0.15) is 30.7 Å². The highest BCUT2D eigenvalue weighted by atomic mass is 16.5. The largest absolute Gasteiger partial charge is 0.493 e. The quantitative estimate of drug-likeness (QED) is 0.465. The Labute approximate surface area is 103 Å². The molecule has 0 spiro atoms. The second-order valence-electron chi connectivity index (χ2n) is 4.42. The summed E-state index contributed by atoms with van der Waals surface area (Å²) in [7, 11) is 0. The normalized spacial score (nSPS) is 20.2. The lowest BCUT2D eigenvalue weighted by molar-refractivity contribution is 0.242. The zero-order chi connectivity index (χ0) is 12.1. The molecule has 0 aliphatic carbocycles. The van der Waals surface area contributed by atoms with E-state index >= 15 is 0 Å². The second-order valence-corrected chi connectivity index (χ2v) is 4.42. The highest BCUT2D eigenvalue weighted by molar-refractivity contribution is 5.38. The number of hydrazine groups is 1. The molecule has 3 nitrogen and oxygen atoms in total. The van der Waals surface area contributed by atoms with Crippen LogP contribution in [0.2, 0.25) is 0 Å². The SMILES string of the molecule is C=CCCC(NN)C1CCOc2ccccc21. The van der Waals surface area contributed by atoms with E-state index in [0.717, 1.165) is 31.6 Å². The molecular formula is C14H20N2O. The molecule has 0 aromatic heterocycles. The van der Waals surface area contributed by atoms with Gasteiger partial charge < -0.3 is 4.74 Å². The highest BCUT2D eigenvalue weighted by Gasteiger charge is 2.27. The molecule has 2 atom stereocenters. The first-order valence-electron chi connectivity index (χ1n) is 6.15. The highest BCUT2D eigenvalue weighted by Crippen LogP contribution is 2.36. The lowest BCUT2D eigenvalue weighted by Crippen LogP contribution is -2.41. The number of ether oxygens (including phenoxy) is 1. The zero-order valence-electron chi connectivity index (χ0n) is 10.1. The van der Waals surface area contributed by atoms with E-state index in [1.807, 2.05) is 18.2 Å². The Morgan fingerprint density at radius 1 is 1.53 bits per heavy atom. The van der Waals surface area contributed by atoms with Crippen molar-refractivity contribution in [1.29, 1.82) is 0 Å². The van der Waals surface area contributed by atoms with Crippen LogP contribution < -0.4 is 16.0 Å². The van der Waals surface area contributed by atoms with Gasteiger partial charge in [-0.1, -0.05) is 24.3 Å². The third-order valence-electron chi connectivity index (χ3n) is 3.39. The van der Waals surface area contributed by atoms with Crippen molar-refractivity contribution in [1.82, 2.24) is 5.43 Å². The maximum atomic E-state index is 5.68. The third-order valence-corrected chi connectivity index (χ3v) is 3.39. The summed E-state index contributed by atoms with van der Waals surface area (Å²) in [4.78, 5) is 0. The van der Waals surface area contributed by atoms with Gasteiger partial charge in [0, 0.05) is 12.0 Å². The van der Waals surface area contributed by atoms with Crippen molar-refractivity contribution in [3.8, 4) is 5.75 Å². The number of allylic oxidation sites excluding steroid dienone is 1. The van der Waals surface area contributed by atoms with Crippen LogP contribution in [0.15, 0.2) is 36.9 Å². The van der Waals surface area contributed by atoms with Gasteiger partial charge in [0.2, 0.25) is 0 Å². The van der Waals surface area contributed by atoms with Gasteiger partial charge in [-0.25, -0.2) is 0 Å². The van der Waals surface area contributed by atoms with Gasteiger partial charge in [0.25, 0.3) is 0 Å². The van der Waals surface area contributed by atoms with Gasteiger partial charge in [0.15, 0.2) is 0 Å². The van der Waals surface area contributed by atoms with E-state index in [1.54, 1.807) is 0 Å². The second kappa shape index (κ2) is 5.84. The van der Waals surface area contributed by atoms with Crippen LogP contribution in [0.3, 0.4) is 0 Å². The number of para-hydroxylation sites is 1. The van der Waals surface area contributed by atoms with Crippen molar-refractivity contribution in [3.05, 3.63) is 42.5 Å². The Bertz CT molecular complexity index is 378. The Morgan fingerprint density at radius 2 is 2.35 bits per heavy atom. The smallest absolute Gasteiger partial charge is 0.122 e. The molecule has 0 saturated heterocycles. The van der Waals surface area contributed by atoms with Crippen LogP contribution >= 0.6 is 0 Å². The summed E-state index contributed by atoms with van der Waals surface area (Å²) in [5, 5.41) is 0. The number of hydrogen-bond acceptors (Lipinski definition) is 3. The number of rotatable bonds is 5. The lowest BCUT2D eigenvalue weighted by Gasteiger charge is -2.31. The van der Waals surface area contributed by atoms with Gasteiger partial charge in [0.1, 0.15) is 5.75 Å². The first kappa shape index (κ1) is 12.1. The first-order chi connectivity index (χ1) is 8.36. The van der Waals surface area contributed by atoms with Crippen molar-refractivity contribution in [2.24, 2.45) is 5.84 Å². The summed E-state index contributed by atoms with van der Waals surface area (Å²) < 4.78 is 5.66. The maximum absolute atomic E-state index is 5.68. The molecule has 3 N–H and O–H groups in total. The van der Waals surface area contributed by atoms with E-state index in [0.29, 0.717) is 5.92 Å². The van der Waals surface area contributed by atoms with E-state index in [9.17, 15) is 0 Å². The summed E-state index contributed by atoms with van der Waals surface area (Å²) in [6, 6.07) is 8.52. The van der Waals surface area contributed by atoms with E-state index in [-0.39, 0.29) is 6.04 Å². The lowest BCUT2D eigenvalue weighted by atomic mass is 9.85. The minimum absolute atomic E-state index is 0.290. The van der Waals surface area contributed by atoms with E-state index < -0.39 is 0 Å². The fourth-order valence-electron chi connectivity index (χ4n) is 2.49. The van der Waals surface area contributed by atoms with Crippen LogP contribution in [-0.2, 0) is 0 Å². The minimum Gasteiger partial charge on any atom is -0.493 e. The Hall–Kier alpha value is -1.32. The predicted molar refractivity (Wildman–Crippen MR) is 69.8 cm³/mol. The fourth-order valence-corrected chi connectivity index (χ4v) is 2.49. The molecule has 1 aromatic rings. The number of fused-ring (bicyclic) bond motifs is 1. The molecule has 2 unspecified atom stereocenters. The molecule has 1 aromatic carbocycles. The molecule has 0 amide bonds. The molecule has 92 valence electrons. The van der Waals surface area contributed by atoms with Crippen LogP contribution in [0.25, 0.3) is 0 Å². The van der Waals surface area contributed by atoms with Gasteiger partial charge in [-0.2, -0.15) is 0 Å². The molecule has 1 heterocycles. The number of nitrogens with one attached hydrogen (secondary N) is 1. The average Bonchev–Trinajstić information content (AvgIpc) is 2.40. The summed E-state index contributed by atoms with van der Waals surface area (Å²) in [6.45, 7) is 4.53. The first-order valence-corrected chi connectivity index (χ1v) is 6.15. The van der Waals surface area contributed by atoms with Crippen molar-refractivity contribution in [2.75, 3.05) is 6.61 Å². The van der Waals surface area contributed by atoms with Crippen LogP contribution in [-0.4, -0.2) is 12.6 Å². The van der Waals surface area contributed by atoms with E-state index in [1.165, 1.54) is 5.56 Å². The summed E-state index contributed by atoms with van der Waals surface area (Å²) in [5.41, 5.74) is 4.21. The molecular weight excluding hydrogens is 212 g/mol.